The van der Waals surface area contributed by atoms with Gasteiger partial charge in [-0.1, -0.05) is 38.1 Å². The molecule has 5 nitrogen and oxygen atoms in total. The molecule has 28 heavy (non-hydrogen) atoms. The molecule has 5 heteroatoms. The molecule has 1 aliphatic rings. The van der Waals surface area contributed by atoms with Crippen LogP contribution in [0.15, 0.2) is 65.7 Å². The Kier molecular flexibility index (Phi) is 5.70. The second-order valence-corrected chi connectivity index (χ2v) is 6.97. The lowest BCUT2D eigenvalue weighted by Crippen LogP contribution is -2.24. The smallest absolute Gasteiger partial charge is 0.338 e. The maximum atomic E-state index is 12.7. The lowest BCUT2D eigenvalue weighted by molar-refractivity contribution is -0.139. The van der Waals surface area contributed by atoms with Gasteiger partial charge >= 0.3 is 5.97 Å². The third kappa shape index (κ3) is 3.59. The Balaban J connectivity index is 2.18. The molecule has 0 aliphatic carbocycles. The standard InChI is InChI=1S/C23H24N2O3/c1-5-27-23(26)20-16(4)28-22(25-12-6-7-13-25)19(14-24)21(20)18-10-8-17(9-11-18)15(2)3/h6-13,15,21H,5H2,1-4H3/t21-/m0/s1. The molecule has 0 saturated carbocycles. The van der Waals surface area contributed by atoms with Crippen molar-refractivity contribution in [3.05, 3.63) is 76.8 Å². The summed E-state index contributed by atoms with van der Waals surface area (Å²) in [6.07, 6.45) is 3.63. The number of nitriles is 1. The number of hydrogen-bond acceptors (Lipinski definition) is 4. The first-order chi connectivity index (χ1) is 13.5. The van der Waals surface area contributed by atoms with Gasteiger partial charge in [-0.3, -0.25) is 4.57 Å². The number of esters is 1. The van der Waals surface area contributed by atoms with E-state index >= 15 is 0 Å². The van der Waals surface area contributed by atoms with Crippen LogP contribution in [-0.2, 0) is 14.3 Å². The summed E-state index contributed by atoms with van der Waals surface area (Å²) in [6.45, 7) is 8.00. The minimum absolute atomic E-state index is 0.255. The molecule has 1 aromatic carbocycles. The van der Waals surface area contributed by atoms with E-state index in [1.165, 1.54) is 5.56 Å². The third-order valence-electron chi connectivity index (χ3n) is 4.83. The average molecular weight is 376 g/mol. The van der Waals surface area contributed by atoms with Crippen molar-refractivity contribution in [1.29, 1.82) is 5.26 Å². The van der Waals surface area contributed by atoms with E-state index < -0.39 is 11.9 Å². The van der Waals surface area contributed by atoms with Gasteiger partial charge < -0.3 is 9.47 Å². The zero-order valence-corrected chi connectivity index (χ0v) is 16.6. The van der Waals surface area contributed by atoms with Gasteiger partial charge in [-0.15, -0.1) is 0 Å². The molecular weight excluding hydrogens is 352 g/mol. The highest BCUT2D eigenvalue weighted by Gasteiger charge is 2.37. The molecule has 2 aromatic rings. The van der Waals surface area contributed by atoms with Crippen molar-refractivity contribution >= 4 is 11.9 Å². The monoisotopic (exact) mass is 376 g/mol. The minimum Gasteiger partial charge on any atom is -0.463 e. The van der Waals surface area contributed by atoms with Crippen LogP contribution >= 0.6 is 0 Å². The molecule has 0 fully saturated rings. The average Bonchev–Trinajstić information content (AvgIpc) is 3.22. The highest BCUT2D eigenvalue weighted by Crippen LogP contribution is 2.42. The van der Waals surface area contributed by atoms with Gasteiger partial charge in [0.25, 0.3) is 0 Å². The van der Waals surface area contributed by atoms with Crippen LogP contribution in [0.5, 0.6) is 0 Å². The van der Waals surface area contributed by atoms with E-state index in [0.717, 1.165) is 5.56 Å². The summed E-state index contributed by atoms with van der Waals surface area (Å²) >= 11 is 0. The van der Waals surface area contributed by atoms with Crippen LogP contribution in [0.1, 0.15) is 50.7 Å². The molecule has 0 saturated heterocycles. The summed E-state index contributed by atoms with van der Waals surface area (Å²) in [6, 6.07) is 14.0. The van der Waals surface area contributed by atoms with Gasteiger partial charge in [0.1, 0.15) is 17.4 Å². The fraction of sp³-hybridized carbons (Fsp3) is 0.304. The molecule has 3 rings (SSSR count). The first kappa shape index (κ1) is 19.5. The quantitative estimate of drug-likeness (QED) is 0.692. The van der Waals surface area contributed by atoms with E-state index in [2.05, 4.69) is 19.9 Å². The Morgan fingerprint density at radius 1 is 1.25 bits per heavy atom. The Hall–Kier alpha value is -3.26. The first-order valence-electron chi connectivity index (χ1n) is 9.41. The molecule has 144 valence electrons. The van der Waals surface area contributed by atoms with Crippen molar-refractivity contribution in [2.45, 2.75) is 39.5 Å². The SMILES string of the molecule is CCOC(=O)C1=C(C)OC(n2cccc2)=C(C#N)[C@@H]1c1ccc(C(C)C)cc1. The van der Waals surface area contributed by atoms with Crippen LogP contribution in [0.2, 0.25) is 0 Å². The Labute approximate surface area is 165 Å². The third-order valence-corrected chi connectivity index (χ3v) is 4.83. The maximum absolute atomic E-state index is 12.7. The zero-order valence-electron chi connectivity index (χ0n) is 16.6. The molecular formula is C23H24N2O3. The van der Waals surface area contributed by atoms with Crippen molar-refractivity contribution in [3.8, 4) is 6.07 Å². The Morgan fingerprint density at radius 3 is 2.43 bits per heavy atom. The van der Waals surface area contributed by atoms with Gasteiger partial charge in [-0.25, -0.2) is 4.79 Å². The molecule has 0 N–H and O–H groups in total. The number of aromatic nitrogens is 1. The minimum atomic E-state index is -0.545. The fourth-order valence-electron chi connectivity index (χ4n) is 3.38. The first-order valence-corrected chi connectivity index (χ1v) is 9.41. The van der Waals surface area contributed by atoms with Crippen molar-refractivity contribution in [2.75, 3.05) is 6.61 Å². The number of carbonyl (C=O) groups excluding carboxylic acids is 1. The van der Waals surface area contributed by atoms with Gasteiger partial charge in [-0.2, -0.15) is 5.26 Å². The van der Waals surface area contributed by atoms with E-state index in [0.29, 0.717) is 28.7 Å². The highest BCUT2D eigenvalue weighted by atomic mass is 16.5. The highest BCUT2D eigenvalue weighted by molar-refractivity contribution is 5.93. The van der Waals surface area contributed by atoms with Crippen LogP contribution < -0.4 is 0 Å². The normalized spacial score (nSPS) is 16.8. The van der Waals surface area contributed by atoms with Crippen molar-refractivity contribution in [2.24, 2.45) is 0 Å². The summed E-state index contributed by atoms with van der Waals surface area (Å²) < 4.78 is 12.9. The van der Waals surface area contributed by atoms with E-state index in [1.54, 1.807) is 18.4 Å². The number of benzene rings is 1. The van der Waals surface area contributed by atoms with Crippen molar-refractivity contribution in [3.63, 3.8) is 0 Å². The topological polar surface area (TPSA) is 64.2 Å². The maximum Gasteiger partial charge on any atom is 0.338 e. The van der Waals surface area contributed by atoms with Gasteiger partial charge in [-0.05, 0) is 43.0 Å². The van der Waals surface area contributed by atoms with Crippen LogP contribution in [-0.4, -0.2) is 17.1 Å². The van der Waals surface area contributed by atoms with Crippen LogP contribution in [0.25, 0.3) is 5.88 Å². The van der Waals surface area contributed by atoms with Gasteiger partial charge in [0.15, 0.2) is 0 Å². The van der Waals surface area contributed by atoms with Gasteiger partial charge in [0.2, 0.25) is 5.88 Å². The van der Waals surface area contributed by atoms with Gasteiger partial charge in [0, 0.05) is 12.4 Å². The number of hydrogen-bond donors (Lipinski definition) is 0. The number of carbonyl (C=O) groups is 1. The van der Waals surface area contributed by atoms with Crippen LogP contribution in [0, 0.1) is 11.3 Å². The fourth-order valence-corrected chi connectivity index (χ4v) is 3.38. The van der Waals surface area contributed by atoms with Gasteiger partial charge in [0.05, 0.1) is 18.1 Å². The van der Waals surface area contributed by atoms with E-state index in [4.69, 9.17) is 9.47 Å². The largest absolute Gasteiger partial charge is 0.463 e. The predicted octanol–water partition coefficient (Wildman–Crippen LogP) is 4.95. The Morgan fingerprint density at radius 2 is 1.89 bits per heavy atom. The molecule has 1 aliphatic heterocycles. The number of allylic oxidation sites excluding steroid dienone is 2. The van der Waals surface area contributed by atoms with E-state index in [-0.39, 0.29) is 6.61 Å². The number of ether oxygens (including phenoxy) is 2. The van der Waals surface area contributed by atoms with Crippen molar-refractivity contribution in [1.82, 2.24) is 4.57 Å². The van der Waals surface area contributed by atoms with Crippen molar-refractivity contribution < 1.29 is 14.3 Å². The summed E-state index contributed by atoms with van der Waals surface area (Å²) in [5.41, 5.74) is 2.80. The molecule has 1 atom stereocenters. The molecule has 1 aromatic heterocycles. The Bertz CT molecular complexity index is 958. The molecule has 0 radical (unpaired) electrons. The summed E-state index contributed by atoms with van der Waals surface area (Å²) in [5, 5.41) is 9.97. The lowest BCUT2D eigenvalue weighted by Gasteiger charge is -2.28. The lowest BCUT2D eigenvalue weighted by atomic mass is 9.82. The summed E-state index contributed by atoms with van der Waals surface area (Å²) in [4.78, 5) is 12.7. The summed E-state index contributed by atoms with van der Waals surface area (Å²) in [7, 11) is 0. The molecule has 0 spiro atoms. The number of nitrogens with zero attached hydrogens (tertiary/aromatic N) is 2. The molecule has 0 bridgehead atoms. The molecule has 2 heterocycles. The van der Waals surface area contributed by atoms with E-state index in [9.17, 15) is 10.1 Å². The second kappa shape index (κ2) is 8.18. The molecule has 0 unspecified atom stereocenters. The summed E-state index contributed by atoms with van der Waals surface area (Å²) in [5.74, 6) is 0.246. The number of rotatable bonds is 5. The zero-order chi connectivity index (χ0) is 20.3. The molecule has 0 amide bonds. The van der Waals surface area contributed by atoms with Crippen LogP contribution in [0.3, 0.4) is 0 Å². The van der Waals surface area contributed by atoms with E-state index in [1.807, 2.05) is 48.8 Å². The van der Waals surface area contributed by atoms with Crippen LogP contribution in [0.4, 0.5) is 0 Å². The second-order valence-electron chi connectivity index (χ2n) is 6.97. The predicted molar refractivity (Wildman–Crippen MR) is 107 cm³/mol.